The number of rotatable bonds is 1. The Balaban J connectivity index is 2.59. The van der Waals surface area contributed by atoms with Crippen LogP contribution >= 0.6 is 0 Å². The molecule has 1 aromatic heterocycles. The quantitative estimate of drug-likeness (QED) is 0.688. The second-order valence-electron chi connectivity index (χ2n) is 3.62. The lowest BCUT2D eigenvalue weighted by molar-refractivity contribution is 0.631. The van der Waals surface area contributed by atoms with Gasteiger partial charge in [0.1, 0.15) is 5.82 Å². The van der Waals surface area contributed by atoms with Crippen LogP contribution in [0.25, 0.3) is 11.1 Å². The molecular formula is C13H12FN. The van der Waals surface area contributed by atoms with Crippen LogP contribution in [0.2, 0.25) is 0 Å². The van der Waals surface area contributed by atoms with E-state index in [1.54, 1.807) is 12.1 Å². The Morgan fingerprint density at radius 3 is 2.20 bits per heavy atom. The van der Waals surface area contributed by atoms with Gasteiger partial charge in [0.15, 0.2) is 0 Å². The van der Waals surface area contributed by atoms with Crippen molar-refractivity contribution in [2.24, 2.45) is 0 Å². The smallest absolute Gasteiger partial charge is 0.131 e. The first kappa shape index (κ1) is 9.84. The molecule has 76 valence electrons. The van der Waals surface area contributed by atoms with Gasteiger partial charge in [-0.1, -0.05) is 18.2 Å². The molecule has 2 heteroatoms. The van der Waals surface area contributed by atoms with Gasteiger partial charge in [-0.05, 0) is 37.6 Å². The third kappa shape index (κ3) is 2.04. The van der Waals surface area contributed by atoms with E-state index in [-0.39, 0.29) is 5.82 Å². The van der Waals surface area contributed by atoms with Crippen molar-refractivity contribution in [2.75, 3.05) is 0 Å². The lowest BCUT2D eigenvalue weighted by Crippen LogP contribution is -1.90. The van der Waals surface area contributed by atoms with Crippen LogP contribution in [0.15, 0.2) is 36.4 Å². The van der Waals surface area contributed by atoms with Crippen molar-refractivity contribution in [3.63, 3.8) is 0 Å². The summed E-state index contributed by atoms with van der Waals surface area (Å²) in [5, 5.41) is 0. The Bertz CT molecular complexity index is 471. The SMILES string of the molecule is Cc1cc(-c2ccccc2F)cc(C)n1. The molecule has 15 heavy (non-hydrogen) atoms. The summed E-state index contributed by atoms with van der Waals surface area (Å²) in [5.74, 6) is -0.192. The highest BCUT2D eigenvalue weighted by molar-refractivity contribution is 5.64. The maximum Gasteiger partial charge on any atom is 0.131 e. The van der Waals surface area contributed by atoms with E-state index in [9.17, 15) is 4.39 Å². The molecule has 2 rings (SSSR count). The summed E-state index contributed by atoms with van der Waals surface area (Å²) in [7, 11) is 0. The predicted octanol–water partition coefficient (Wildman–Crippen LogP) is 3.50. The van der Waals surface area contributed by atoms with Crippen LogP contribution in [0.5, 0.6) is 0 Å². The Labute approximate surface area is 88.6 Å². The first-order valence-corrected chi connectivity index (χ1v) is 4.87. The average molecular weight is 201 g/mol. The second kappa shape index (κ2) is 3.81. The molecule has 1 aromatic carbocycles. The van der Waals surface area contributed by atoms with Crippen molar-refractivity contribution in [3.8, 4) is 11.1 Å². The number of pyridine rings is 1. The third-order valence-electron chi connectivity index (χ3n) is 2.27. The fourth-order valence-corrected chi connectivity index (χ4v) is 1.69. The van der Waals surface area contributed by atoms with Gasteiger partial charge in [-0.2, -0.15) is 0 Å². The van der Waals surface area contributed by atoms with E-state index in [1.807, 2.05) is 32.0 Å². The molecule has 1 heterocycles. The highest BCUT2D eigenvalue weighted by atomic mass is 19.1. The van der Waals surface area contributed by atoms with Gasteiger partial charge < -0.3 is 0 Å². The Kier molecular flexibility index (Phi) is 2.50. The minimum atomic E-state index is -0.192. The molecule has 0 spiro atoms. The molecule has 0 aliphatic carbocycles. The van der Waals surface area contributed by atoms with Gasteiger partial charge in [0.2, 0.25) is 0 Å². The van der Waals surface area contributed by atoms with Crippen LogP contribution < -0.4 is 0 Å². The van der Waals surface area contributed by atoms with Crippen LogP contribution in [-0.2, 0) is 0 Å². The predicted molar refractivity (Wildman–Crippen MR) is 59.1 cm³/mol. The van der Waals surface area contributed by atoms with Crippen LogP contribution in [-0.4, -0.2) is 4.98 Å². The number of hydrogen-bond acceptors (Lipinski definition) is 1. The topological polar surface area (TPSA) is 12.9 Å². The van der Waals surface area contributed by atoms with E-state index in [1.165, 1.54) is 6.07 Å². The molecule has 0 aliphatic rings. The summed E-state index contributed by atoms with van der Waals surface area (Å²) < 4.78 is 13.5. The van der Waals surface area contributed by atoms with Gasteiger partial charge in [0, 0.05) is 17.0 Å². The summed E-state index contributed by atoms with van der Waals surface area (Å²) in [6, 6.07) is 10.6. The second-order valence-corrected chi connectivity index (χ2v) is 3.62. The van der Waals surface area contributed by atoms with Crippen molar-refractivity contribution < 1.29 is 4.39 Å². The van der Waals surface area contributed by atoms with Gasteiger partial charge in [-0.15, -0.1) is 0 Å². The maximum atomic E-state index is 13.5. The van der Waals surface area contributed by atoms with E-state index in [0.29, 0.717) is 5.56 Å². The molecule has 0 N–H and O–H groups in total. The van der Waals surface area contributed by atoms with E-state index in [4.69, 9.17) is 0 Å². The molecule has 0 saturated carbocycles. The first-order chi connectivity index (χ1) is 7.16. The summed E-state index contributed by atoms with van der Waals surface area (Å²) in [4.78, 5) is 4.27. The van der Waals surface area contributed by atoms with E-state index in [2.05, 4.69) is 4.98 Å². The lowest BCUT2D eigenvalue weighted by atomic mass is 10.0. The van der Waals surface area contributed by atoms with Crippen LogP contribution in [0.4, 0.5) is 4.39 Å². The summed E-state index contributed by atoms with van der Waals surface area (Å²) in [5.41, 5.74) is 3.34. The van der Waals surface area contributed by atoms with Crippen LogP contribution in [0, 0.1) is 19.7 Å². The standard InChI is InChI=1S/C13H12FN/c1-9-7-11(8-10(2)15-9)12-5-3-4-6-13(12)14/h3-8H,1-2H3. The third-order valence-corrected chi connectivity index (χ3v) is 2.27. The zero-order chi connectivity index (χ0) is 10.8. The molecule has 0 saturated heterocycles. The van der Waals surface area contributed by atoms with Gasteiger partial charge >= 0.3 is 0 Å². The molecule has 0 bridgehead atoms. The van der Waals surface area contributed by atoms with Gasteiger partial charge in [0.25, 0.3) is 0 Å². The Morgan fingerprint density at radius 2 is 1.60 bits per heavy atom. The van der Waals surface area contributed by atoms with Crippen molar-refractivity contribution in [2.45, 2.75) is 13.8 Å². The average Bonchev–Trinajstić information content (AvgIpc) is 2.16. The zero-order valence-electron chi connectivity index (χ0n) is 8.79. The molecule has 1 nitrogen and oxygen atoms in total. The van der Waals surface area contributed by atoms with E-state index in [0.717, 1.165) is 17.0 Å². The summed E-state index contributed by atoms with van der Waals surface area (Å²) >= 11 is 0. The van der Waals surface area contributed by atoms with Crippen LogP contribution in [0.1, 0.15) is 11.4 Å². The number of benzene rings is 1. The normalized spacial score (nSPS) is 10.3. The fraction of sp³-hybridized carbons (Fsp3) is 0.154. The van der Waals surface area contributed by atoms with Gasteiger partial charge in [0.05, 0.1) is 0 Å². The summed E-state index contributed by atoms with van der Waals surface area (Å²) in [6.07, 6.45) is 0. The Morgan fingerprint density at radius 1 is 1.00 bits per heavy atom. The largest absolute Gasteiger partial charge is 0.258 e. The number of hydrogen-bond donors (Lipinski definition) is 0. The van der Waals surface area contributed by atoms with Gasteiger partial charge in [-0.3, -0.25) is 4.98 Å². The number of aryl methyl sites for hydroxylation is 2. The van der Waals surface area contributed by atoms with Crippen molar-refractivity contribution in [1.82, 2.24) is 4.98 Å². The molecule has 2 aromatic rings. The minimum absolute atomic E-state index is 0.192. The highest BCUT2D eigenvalue weighted by Crippen LogP contribution is 2.23. The van der Waals surface area contributed by atoms with Crippen molar-refractivity contribution >= 4 is 0 Å². The molecule has 0 radical (unpaired) electrons. The maximum absolute atomic E-state index is 13.5. The fourth-order valence-electron chi connectivity index (χ4n) is 1.69. The first-order valence-electron chi connectivity index (χ1n) is 4.87. The summed E-state index contributed by atoms with van der Waals surface area (Å²) in [6.45, 7) is 3.83. The van der Waals surface area contributed by atoms with Crippen molar-refractivity contribution in [3.05, 3.63) is 53.6 Å². The monoisotopic (exact) mass is 201 g/mol. The number of nitrogens with zero attached hydrogens (tertiary/aromatic N) is 1. The molecule has 0 aliphatic heterocycles. The number of aromatic nitrogens is 1. The van der Waals surface area contributed by atoms with E-state index >= 15 is 0 Å². The minimum Gasteiger partial charge on any atom is -0.258 e. The van der Waals surface area contributed by atoms with Crippen LogP contribution in [0.3, 0.4) is 0 Å². The molecule has 0 fully saturated rings. The van der Waals surface area contributed by atoms with Crippen molar-refractivity contribution in [1.29, 1.82) is 0 Å². The lowest BCUT2D eigenvalue weighted by Gasteiger charge is -2.05. The molecule has 0 atom stereocenters. The Hall–Kier alpha value is -1.70. The number of halogens is 1. The molecular weight excluding hydrogens is 189 g/mol. The van der Waals surface area contributed by atoms with Gasteiger partial charge in [-0.25, -0.2) is 4.39 Å². The molecule has 0 amide bonds. The van der Waals surface area contributed by atoms with E-state index < -0.39 is 0 Å². The zero-order valence-corrected chi connectivity index (χ0v) is 8.79. The molecule has 0 unspecified atom stereocenters. The highest BCUT2D eigenvalue weighted by Gasteiger charge is 2.04.